The van der Waals surface area contributed by atoms with Crippen molar-refractivity contribution in [2.45, 2.75) is 17.3 Å². The van der Waals surface area contributed by atoms with Crippen molar-refractivity contribution in [2.75, 3.05) is 36.5 Å². The smallest absolute Gasteiger partial charge is 0.237 e. The zero-order chi connectivity index (χ0) is 18.6. The summed E-state index contributed by atoms with van der Waals surface area (Å²) in [7, 11) is 0. The Morgan fingerprint density at radius 3 is 2.70 bits per heavy atom. The maximum Gasteiger partial charge on any atom is 0.237 e. The van der Waals surface area contributed by atoms with Gasteiger partial charge in [0.15, 0.2) is 10.8 Å². The molecule has 0 aliphatic carbocycles. The number of nitrogens with zero attached hydrogens (tertiary/aromatic N) is 4. The topological polar surface area (TPSA) is 71.8 Å². The number of thioether (sulfide) groups is 1. The molecule has 1 saturated heterocycles. The molecule has 1 amide bonds. The van der Waals surface area contributed by atoms with Crippen LogP contribution < -0.4 is 10.2 Å². The van der Waals surface area contributed by atoms with Gasteiger partial charge in [0.05, 0.1) is 18.5 Å². The molecular weight excluding hydrogens is 362 g/mol. The standard InChI is InChI=1S/C19H21N5O2S/c1-14(27-19-22-21-17-4-2-3-9-24(17)19)18(25)20-15-5-7-16(8-6-15)23-10-12-26-13-11-23/h2-9,14H,10-13H2,1H3,(H,20,25)/t14-/m1/s1. The molecule has 0 radical (unpaired) electrons. The van der Waals surface area contributed by atoms with Gasteiger partial charge in [0, 0.05) is 30.7 Å². The molecule has 0 unspecified atom stereocenters. The number of fused-ring (bicyclic) bond motifs is 1. The second-order valence-corrected chi connectivity index (χ2v) is 7.61. The van der Waals surface area contributed by atoms with Crippen LogP contribution >= 0.6 is 11.8 Å². The van der Waals surface area contributed by atoms with Crippen molar-refractivity contribution in [3.05, 3.63) is 48.7 Å². The van der Waals surface area contributed by atoms with E-state index in [-0.39, 0.29) is 11.2 Å². The molecule has 8 heteroatoms. The van der Waals surface area contributed by atoms with Crippen LogP contribution in [0, 0.1) is 0 Å². The van der Waals surface area contributed by atoms with Gasteiger partial charge in [0.25, 0.3) is 0 Å². The van der Waals surface area contributed by atoms with Crippen molar-refractivity contribution in [1.82, 2.24) is 14.6 Å². The molecule has 1 aromatic carbocycles. The lowest BCUT2D eigenvalue weighted by Crippen LogP contribution is -2.36. The average molecular weight is 383 g/mol. The van der Waals surface area contributed by atoms with Crippen molar-refractivity contribution < 1.29 is 9.53 Å². The number of hydrogen-bond acceptors (Lipinski definition) is 6. The van der Waals surface area contributed by atoms with Gasteiger partial charge in [-0.05, 0) is 43.3 Å². The summed E-state index contributed by atoms with van der Waals surface area (Å²) in [6.07, 6.45) is 1.90. The summed E-state index contributed by atoms with van der Waals surface area (Å²) >= 11 is 1.39. The van der Waals surface area contributed by atoms with Gasteiger partial charge >= 0.3 is 0 Å². The largest absolute Gasteiger partial charge is 0.378 e. The molecule has 4 rings (SSSR count). The summed E-state index contributed by atoms with van der Waals surface area (Å²) in [5, 5.41) is 11.7. The van der Waals surface area contributed by atoms with E-state index in [1.54, 1.807) is 0 Å². The zero-order valence-electron chi connectivity index (χ0n) is 15.0. The van der Waals surface area contributed by atoms with E-state index in [0.29, 0.717) is 5.16 Å². The summed E-state index contributed by atoms with van der Waals surface area (Å²) in [6.45, 7) is 5.17. The first-order chi connectivity index (χ1) is 13.2. The minimum absolute atomic E-state index is 0.0631. The molecule has 1 fully saturated rings. The summed E-state index contributed by atoms with van der Waals surface area (Å²) < 4.78 is 7.26. The number of amides is 1. The first-order valence-electron chi connectivity index (χ1n) is 8.91. The van der Waals surface area contributed by atoms with Gasteiger partial charge in [-0.3, -0.25) is 9.20 Å². The fraction of sp³-hybridized carbons (Fsp3) is 0.316. The summed E-state index contributed by atoms with van der Waals surface area (Å²) in [6, 6.07) is 13.7. The maximum atomic E-state index is 12.5. The van der Waals surface area contributed by atoms with Gasteiger partial charge in [-0.2, -0.15) is 0 Å². The maximum absolute atomic E-state index is 12.5. The van der Waals surface area contributed by atoms with Crippen LogP contribution in [0.5, 0.6) is 0 Å². The van der Waals surface area contributed by atoms with Gasteiger partial charge in [-0.1, -0.05) is 17.8 Å². The molecule has 1 aliphatic heterocycles. The normalized spacial score (nSPS) is 15.7. The highest BCUT2D eigenvalue weighted by atomic mass is 32.2. The minimum atomic E-state index is -0.295. The average Bonchev–Trinajstić information content (AvgIpc) is 3.12. The fourth-order valence-corrected chi connectivity index (χ4v) is 3.77. The van der Waals surface area contributed by atoms with Crippen molar-refractivity contribution in [3.8, 4) is 0 Å². The van der Waals surface area contributed by atoms with Crippen LogP contribution in [-0.4, -0.2) is 52.1 Å². The number of carbonyl (C=O) groups is 1. The van der Waals surface area contributed by atoms with E-state index in [9.17, 15) is 4.79 Å². The van der Waals surface area contributed by atoms with Gasteiger partial charge in [0.2, 0.25) is 5.91 Å². The molecule has 0 spiro atoms. The zero-order valence-corrected chi connectivity index (χ0v) is 15.9. The first-order valence-corrected chi connectivity index (χ1v) is 9.79. The Balaban J connectivity index is 1.38. The highest BCUT2D eigenvalue weighted by Gasteiger charge is 2.18. The van der Waals surface area contributed by atoms with Crippen molar-refractivity contribution >= 4 is 34.7 Å². The molecule has 1 atom stereocenters. The Bertz CT molecular complexity index is 921. The number of rotatable bonds is 5. The van der Waals surface area contributed by atoms with Gasteiger partial charge in [-0.25, -0.2) is 0 Å². The number of anilines is 2. The third-order valence-electron chi connectivity index (χ3n) is 4.44. The van der Waals surface area contributed by atoms with Gasteiger partial charge in [0.1, 0.15) is 0 Å². The Morgan fingerprint density at radius 2 is 1.93 bits per heavy atom. The number of morpholine rings is 1. The lowest BCUT2D eigenvalue weighted by atomic mass is 10.2. The van der Waals surface area contributed by atoms with E-state index >= 15 is 0 Å². The first kappa shape index (κ1) is 17.8. The Kier molecular flexibility index (Phi) is 5.26. The molecule has 0 saturated carbocycles. The summed E-state index contributed by atoms with van der Waals surface area (Å²) in [5.74, 6) is -0.0631. The highest BCUT2D eigenvalue weighted by Crippen LogP contribution is 2.24. The van der Waals surface area contributed by atoms with Crippen LogP contribution in [0.1, 0.15) is 6.92 Å². The van der Waals surface area contributed by atoms with Crippen LogP contribution in [0.15, 0.2) is 53.8 Å². The van der Waals surface area contributed by atoms with E-state index in [4.69, 9.17) is 4.74 Å². The van der Waals surface area contributed by atoms with Crippen LogP contribution in [0.2, 0.25) is 0 Å². The molecule has 27 heavy (non-hydrogen) atoms. The van der Waals surface area contributed by atoms with Crippen molar-refractivity contribution in [3.63, 3.8) is 0 Å². The second-order valence-electron chi connectivity index (χ2n) is 6.31. The molecule has 3 heterocycles. The van der Waals surface area contributed by atoms with Gasteiger partial charge < -0.3 is 15.0 Å². The molecule has 2 aromatic heterocycles. The molecule has 1 N–H and O–H groups in total. The summed E-state index contributed by atoms with van der Waals surface area (Å²) in [5.41, 5.74) is 2.70. The quantitative estimate of drug-likeness (QED) is 0.683. The third kappa shape index (κ3) is 4.06. The van der Waals surface area contributed by atoms with Crippen LogP contribution in [0.4, 0.5) is 11.4 Å². The number of pyridine rings is 1. The number of hydrogen-bond donors (Lipinski definition) is 1. The van der Waals surface area contributed by atoms with E-state index in [2.05, 4.69) is 20.4 Å². The van der Waals surface area contributed by atoms with E-state index in [1.165, 1.54) is 11.8 Å². The predicted octanol–water partition coefficient (Wildman–Crippen LogP) is 2.69. The fourth-order valence-electron chi connectivity index (χ4n) is 2.93. The number of nitrogens with one attached hydrogen (secondary N) is 1. The van der Waals surface area contributed by atoms with Crippen molar-refractivity contribution in [2.24, 2.45) is 0 Å². The van der Waals surface area contributed by atoms with Gasteiger partial charge in [-0.15, -0.1) is 10.2 Å². The number of carbonyl (C=O) groups excluding carboxylic acids is 1. The molecule has 1 aliphatic rings. The minimum Gasteiger partial charge on any atom is -0.378 e. The molecule has 7 nitrogen and oxygen atoms in total. The van der Waals surface area contributed by atoms with E-state index in [1.807, 2.05) is 60.0 Å². The highest BCUT2D eigenvalue weighted by molar-refractivity contribution is 8.00. The van der Waals surface area contributed by atoms with Crippen LogP contribution in [0.3, 0.4) is 0 Å². The van der Waals surface area contributed by atoms with Crippen LogP contribution in [0.25, 0.3) is 5.65 Å². The number of aromatic nitrogens is 3. The van der Waals surface area contributed by atoms with Crippen molar-refractivity contribution in [1.29, 1.82) is 0 Å². The molecular formula is C19H21N5O2S. The molecule has 0 bridgehead atoms. The Hall–Kier alpha value is -2.58. The van der Waals surface area contributed by atoms with E-state index in [0.717, 1.165) is 43.3 Å². The monoisotopic (exact) mass is 383 g/mol. The Morgan fingerprint density at radius 1 is 1.15 bits per heavy atom. The summed E-state index contributed by atoms with van der Waals surface area (Å²) in [4.78, 5) is 14.8. The van der Waals surface area contributed by atoms with E-state index < -0.39 is 0 Å². The number of ether oxygens (including phenoxy) is 1. The molecule has 3 aromatic rings. The predicted molar refractivity (Wildman–Crippen MR) is 106 cm³/mol. The lowest BCUT2D eigenvalue weighted by Gasteiger charge is -2.28. The number of benzene rings is 1. The van der Waals surface area contributed by atoms with Crippen LogP contribution in [-0.2, 0) is 9.53 Å². The molecule has 140 valence electrons. The Labute approximate surface area is 161 Å². The SMILES string of the molecule is C[C@@H](Sc1nnc2ccccn12)C(=O)Nc1ccc(N2CCOCC2)cc1. The second kappa shape index (κ2) is 7.98. The lowest BCUT2D eigenvalue weighted by molar-refractivity contribution is -0.115. The third-order valence-corrected chi connectivity index (χ3v) is 5.50.